The summed E-state index contributed by atoms with van der Waals surface area (Å²) in [6.45, 7) is 0. The van der Waals surface area contributed by atoms with Gasteiger partial charge in [0.1, 0.15) is 5.75 Å². The fraction of sp³-hybridized carbons (Fsp3) is 0.133. The highest BCUT2D eigenvalue weighted by molar-refractivity contribution is 5.90. The highest BCUT2D eigenvalue weighted by Crippen LogP contribution is 2.34. The summed E-state index contributed by atoms with van der Waals surface area (Å²) in [5.41, 5.74) is -1.82. The molecule has 0 saturated heterocycles. The minimum Gasteiger partial charge on any atom is -0.478 e. The van der Waals surface area contributed by atoms with Crippen molar-refractivity contribution in [3.05, 3.63) is 53.6 Å². The molecule has 0 saturated carbocycles. The van der Waals surface area contributed by atoms with E-state index in [1.165, 1.54) is 6.07 Å². The Morgan fingerprint density at radius 2 is 1.58 bits per heavy atom. The molecule has 0 atom stereocenters. The van der Waals surface area contributed by atoms with Crippen molar-refractivity contribution in [2.75, 3.05) is 0 Å². The highest BCUT2D eigenvalue weighted by atomic mass is 19.4. The number of halogens is 6. The molecule has 1 N–H and O–H groups in total. The first-order chi connectivity index (χ1) is 11.0. The van der Waals surface area contributed by atoms with Crippen molar-refractivity contribution in [2.24, 2.45) is 0 Å². The lowest BCUT2D eigenvalue weighted by Crippen LogP contribution is -2.17. The number of carboxylic acid groups (broad SMARTS) is 1. The minimum absolute atomic E-state index is 0.0973. The van der Waals surface area contributed by atoms with Crippen molar-refractivity contribution in [3.8, 4) is 16.9 Å². The van der Waals surface area contributed by atoms with Gasteiger partial charge in [-0.05, 0) is 41.5 Å². The van der Waals surface area contributed by atoms with E-state index in [4.69, 9.17) is 5.11 Å². The van der Waals surface area contributed by atoms with Gasteiger partial charge in [0.15, 0.2) is 0 Å². The van der Waals surface area contributed by atoms with Gasteiger partial charge in [-0.1, -0.05) is 12.1 Å². The average Bonchev–Trinajstić information content (AvgIpc) is 2.44. The van der Waals surface area contributed by atoms with Crippen LogP contribution < -0.4 is 4.74 Å². The Kier molecular flexibility index (Phi) is 4.46. The zero-order valence-corrected chi connectivity index (χ0v) is 11.6. The van der Waals surface area contributed by atoms with Gasteiger partial charge in [0.25, 0.3) is 0 Å². The lowest BCUT2D eigenvalue weighted by Gasteiger charge is -2.13. The third-order valence-corrected chi connectivity index (χ3v) is 2.91. The zero-order valence-electron chi connectivity index (χ0n) is 11.6. The molecule has 0 amide bonds. The van der Waals surface area contributed by atoms with Gasteiger partial charge >= 0.3 is 18.5 Å². The van der Waals surface area contributed by atoms with Gasteiger partial charge in [-0.2, -0.15) is 13.2 Å². The Labute approximate surface area is 131 Å². The van der Waals surface area contributed by atoms with Gasteiger partial charge in [0.05, 0.1) is 11.1 Å². The topological polar surface area (TPSA) is 46.5 Å². The van der Waals surface area contributed by atoms with E-state index in [2.05, 4.69) is 4.74 Å². The van der Waals surface area contributed by atoms with E-state index >= 15 is 0 Å². The Morgan fingerprint density at radius 1 is 0.917 bits per heavy atom. The van der Waals surface area contributed by atoms with E-state index in [0.717, 1.165) is 24.3 Å². The molecule has 9 heteroatoms. The maximum atomic E-state index is 12.7. The molecule has 0 unspecified atom stereocenters. The van der Waals surface area contributed by atoms with E-state index < -0.39 is 35.4 Å². The predicted molar refractivity (Wildman–Crippen MR) is 70.5 cm³/mol. The predicted octanol–water partition coefficient (Wildman–Crippen LogP) is 4.97. The zero-order chi connectivity index (χ0) is 18.1. The maximum Gasteiger partial charge on any atom is 0.573 e. The summed E-state index contributed by atoms with van der Waals surface area (Å²) in [7, 11) is 0. The summed E-state index contributed by atoms with van der Waals surface area (Å²) >= 11 is 0. The summed E-state index contributed by atoms with van der Waals surface area (Å²) < 4.78 is 78.8. The fourth-order valence-electron chi connectivity index (χ4n) is 1.96. The summed E-state index contributed by atoms with van der Waals surface area (Å²) in [5, 5.41) is 8.95. The highest BCUT2D eigenvalue weighted by Gasteiger charge is 2.32. The van der Waals surface area contributed by atoms with Crippen LogP contribution in [0.15, 0.2) is 42.5 Å². The van der Waals surface area contributed by atoms with Gasteiger partial charge < -0.3 is 9.84 Å². The maximum absolute atomic E-state index is 12.7. The van der Waals surface area contributed by atoms with Gasteiger partial charge in [0.2, 0.25) is 0 Å². The molecule has 2 aromatic carbocycles. The van der Waals surface area contributed by atoms with Crippen LogP contribution in [0, 0.1) is 0 Å². The van der Waals surface area contributed by atoms with Crippen molar-refractivity contribution < 1.29 is 41.0 Å². The molecule has 24 heavy (non-hydrogen) atoms. The van der Waals surface area contributed by atoms with Gasteiger partial charge in [-0.15, -0.1) is 13.2 Å². The second-order valence-electron chi connectivity index (χ2n) is 4.68. The minimum atomic E-state index is -5.07. The van der Waals surface area contributed by atoms with Crippen molar-refractivity contribution in [1.29, 1.82) is 0 Å². The Morgan fingerprint density at radius 3 is 2.12 bits per heavy atom. The first-order valence-electron chi connectivity index (χ1n) is 6.27. The summed E-state index contributed by atoms with van der Waals surface area (Å²) in [6, 6.07) is 6.18. The second-order valence-corrected chi connectivity index (χ2v) is 4.68. The molecule has 3 nitrogen and oxygen atoms in total. The second kappa shape index (κ2) is 6.06. The number of carbonyl (C=O) groups is 1. The largest absolute Gasteiger partial charge is 0.573 e. The number of hydrogen-bond donors (Lipinski definition) is 1. The molecular weight excluding hydrogens is 342 g/mol. The average molecular weight is 350 g/mol. The molecule has 0 bridgehead atoms. The molecule has 0 heterocycles. The Hall–Kier alpha value is -2.71. The standard InChI is InChI=1S/C15H8F6O3/c16-14(17,18)11-3-1-2-8(5-11)9-4-10(13(22)23)7-12(6-9)24-15(19,20)21/h1-7H,(H,22,23). The van der Waals surface area contributed by atoms with E-state index in [-0.39, 0.29) is 11.1 Å². The van der Waals surface area contributed by atoms with E-state index in [1.807, 2.05) is 0 Å². The third kappa shape index (κ3) is 4.40. The van der Waals surface area contributed by atoms with Crippen LogP contribution >= 0.6 is 0 Å². The molecule has 128 valence electrons. The van der Waals surface area contributed by atoms with Crippen molar-refractivity contribution in [1.82, 2.24) is 0 Å². The van der Waals surface area contributed by atoms with Gasteiger partial charge in [0, 0.05) is 0 Å². The molecule has 0 aliphatic carbocycles. The molecule has 0 aliphatic rings. The van der Waals surface area contributed by atoms with Crippen molar-refractivity contribution >= 4 is 5.97 Å². The number of alkyl halides is 6. The first kappa shape index (κ1) is 17.6. The van der Waals surface area contributed by atoms with Crippen LogP contribution in [0.25, 0.3) is 11.1 Å². The van der Waals surface area contributed by atoms with Crippen LogP contribution in [0.2, 0.25) is 0 Å². The molecule has 0 spiro atoms. The summed E-state index contributed by atoms with van der Waals surface area (Å²) in [4.78, 5) is 11.0. The number of benzene rings is 2. The lowest BCUT2D eigenvalue weighted by molar-refractivity contribution is -0.274. The quantitative estimate of drug-likeness (QED) is 0.795. The fourth-order valence-corrected chi connectivity index (χ4v) is 1.96. The Balaban J connectivity index is 2.55. The van der Waals surface area contributed by atoms with Crippen LogP contribution in [0.4, 0.5) is 26.3 Å². The Bertz CT molecular complexity index is 765. The number of carboxylic acids is 1. The molecule has 0 aliphatic heterocycles. The molecule has 0 radical (unpaired) electrons. The summed E-state index contributed by atoms with van der Waals surface area (Å²) in [6.07, 6.45) is -9.71. The van der Waals surface area contributed by atoms with Crippen LogP contribution in [-0.2, 0) is 6.18 Å². The van der Waals surface area contributed by atoms with Gasteiger partial charge in [-0.25, -0.2) is 4.79 Å². The molecule has 2 rings (SSSR count). The summed E-state index contributed by atoms with van der Waals surface area (Å²) in [5.74, 6) is -2.38. The normalized spacial score (nSPS) is 12.1. The smallest absolute Gasteiger partial charge is 0.478 e. The monoisotopic (exact) mass is 350 g/mol. The SMILES string of the molecule is O=C(O)c1cc(OC(F)(F)F)cc(-c2cccc(C(F)(F)F)c2)c1. The van der Waals surface area contributed by atoms with Crippen LogP contribution in [-0.4, -0.2) is 17.4 Å². The lowest BCUT2D eigenvalue weighted by atomic mass is 10.0. The van der Waals surface area contributed by atoms with Crippen molar-refractivity contribution in [3.63, 3.8) is 0 Å². The molecular formula is C15H8F6O3. The number of hydrogen-bond acceptors (Lipinski definition) is 2. The molecule has 0 fully saturated rings. The first-order valence-corrected chi connectivity index (χ1v) is 6.27. The third-order valence-electron chi connectivity index (χ3n) is 2.91. The number of rotatable bonds is 3. The van der Waals surface area contributed by atoms with Crippen molar-refractivity contribution in [2.45, 2.75) is 12.5 Å². The molecule has 0 aromatic heterocycles. The van der Waals surface area contributed by atoms with Crippen LogP contribution in [0.5, 0.6) is 5.75 Å². The van der Waals surface area contributed by atoms with E-state index in [1.54, 1.807) is 0 Å². The van der Waals surface area contributed by atoms with E-state index in [0.29, 0.717) is 12.1 Å². The number of aromatic carboxylic acids is 1. The number of ether oxygens (including phenoxy) is 1. The van der Waals surface area contributed by atoms with Crippen LogP contribution in [0.1, 0.15) is 15.9 Å². The van der Waals surface area contributed by atoms with Gasteiger partial charge in [-0.3, -0.25) is 0 Å². The molecule has 2 aromatic rings. The van der Waals surface area contributed by atoms with E-state index in [9.17, 15) is 31.1 Å². The van der Waals surface area contributed by atoms with Crippen LogP contribution in [0.3, 0.4) is 0 Å².